The number of hydrogen-bond acceptors (Lipinski definition) is 4. The second kappa shape index (κ2) is 5.80. The van der Waals surface area contributed by atoms with Gasteiger partial charge in [0.05, 0.1) is 12.3 Å². The fourth-order valence-electron chi connectivity index (χ4n) is 1.24. The third-order valence-corrected chi connectivity index (χ3v) is 2.74. The predicted octanol–water partition coefficient (Wildman–Crippen LogP) is 2.72. The van der Waals surface area contributed by atoms with E-state index < -0.39 is 5.97 Å². The normalized spacial score (nSPS) is 12.8. The van der Waals surface area contributed by atoms with Gasteiger partial charge in [-0.1, -0.05) is 27.7 Å². The molecule has 1 aromatic rings. The summed E-state index contributed by atoms with van der Waals surface area (Å²) in [6, 6.07) is 0. The number of hydrogen-bond donors (Lipinski definition) is 1. The molecular formula is C13H20N2O3. The quantitative estimate of drug-likeness (QED) is 0.872. The molecule has 0 aromatic carbocycles. The maximum atomic E-state index is 11.2. The van der Waals surface area contributed by atoms with E-state index in [1.165, 1.54) is 6.20 Å². The largest absolute Gasteiger partial charge is 0.486 e. The van der Waals surface area contributed by atoms with Gasteiger partial charge in [-0.15, -0.1) is 0 Å². The number of rotatable bonds is 5. The van der Waals surface area contributed by atoms with Crippen molar-refractivity contribution >= 4 is 5.97 Å². The van der Waals surface area contributed by atoms with Crippen LogP contribution in [0, 0.1) is 5.92 Å². The molecule has 0 aliphatic rings. The maximum absolute atomic E-state index is 11.2. The number of ether oxygens (including phenoxy) is 1. The average molecular weight is 252 g/mol. The Labute approximate surface area is 107 Å². The zero-order valence-corrected chi connectivity index (χ0v) is 11.5. The van der Waals surface area contributed by atoms with E-state index in [1.807, 2.05) is 34.6 Å². The molecule has 1 unspecified atom stereocenters. The number of carboxylic acids is 1. The van der Waals surface area contributed by atoms with Crippen molar-refractivity contribution < 1.29 is 14.6 Å². The second-order valence-electron chi connectivity index (χ2n) is 4.97. The van der Waals surface area contributed by atoms with E-state index in [2.05, 4.69) is 9.97 Å². The van der Waals surface area contributed by atoms with Gasteiger partial charge in [-0.2, -0.15) is 0 Å². The van der Waals surface area contributed by atoms with E-state index in [9.17, 15) is 4.79 Å². The second-order valence-corrected chi connectivity index (χ2v) is 4.97. The molecule has 1 rings (SSSR count). The van der Waals surface area contributed by atoms with Crippen LogP contribution in [0.5, 0.6) is 5.75 Å². The zero-order valence-electron chi connectivity index (χ0n) is 11.5. The highest BCUT2D eigenvalue weighted by Gasteiger charge is 2.19. The van der Waals surface area contributed by atoms with Gasteiger partial charge in [-0.3, -0.25) is 0 Å². The lowest BCUT2D eigenvalue weighted by Gasteiger charge is -2.19. The topological polar surface area (TPSA) is 72.3 Å². The van der Waals surface area contributed by atoms with Gasteiger partial charge in [0.2, 0.25) is 0 Å². The molecule has 1 heterocycles. The van der Waals surface area contributed by atoms with Crippen molar-refractivity contribution in [2.24, 2.45) is 5.92 Å². The van der Waals surface area contributed by atoms with E-state index in [0.717, 1.165) is 0 Å². The molecular weight excluding hydrogens is 232 g/mol. The SMILES string of the molecule is CC(C)c1ncc(OC(C)C(C)C)c(C(=O)O)n1. The Morgan fingerprint density at radius 2 is 1.89 bits per heavy atom. The van der Waals surface area contributed by atoms with Crippen molar-refractivity contribution in [1.29, 1.82) is 0 Å². The molecule has 1 N–H and O–H groups in total. The first-order valence-electron chi connectivity index (χ1n) is 6.09. The van der Waals surface area contributed by atoms with Crippen LogP contribution in [0.4, 0.5) is 0 Å². The van der Waals surface area contributed by atoms with Gasteiger partial charge < -0.3 is 9.84 Å². The molecule has 1 aromatic heterocycles. The Morgan fingerprint density at radius 3 is 2.33 bits per heavy atom. The fraction of sp³-hybridized carbons (Fsp3) is 0.615. The van der Waals surface area contributed by atoms with E-state index in [-0.39, 0.29) is 29.4 Å². The van der Waals surface area contributed by atoms with Crippen molar-refractivity contribution in [2.75, 3.05) is 0 Å². The Balaban J connectivity index is 3.08. The predicted molar refractivity (Wildman–Crippen MR) is 68.0 cm³/mol. The molecule has 1 atom stereocenters. The van der Waals surface area contributed by atoms with Crippen molar-refractivity contribution in [3.05, 3.63) is 17.7 Å². The zero-order chi connectivity index (χ0) is 13.9. The van der Waals surface area contributed by atoms with Crippen molar-refractivity contribution in [1.82, 2.24) is 9.97 Å². The van der Waals surface area contributed by atoms with Crippen LogP contribution in [0.15, 0.2) is 6.20 Å². The molecule has 0 bridgehead atoms. The lowest BCUT2D eigenvalue weighted by Crippen LogP contribution is -2.21. The summed E-state index contributed by atoms with van der Waals surface area (Å²) < 4.78 is 5.60. The molecule has 0 saturated heterocycles. The van der Waals surface area contributed by atoms with Gasteiger partial charge in [0, 0.05) is 5.92 Å². The number of carboxylic acid groups (broad SMARTS) is 1. The van der Waals surface area contributed by atoms with Crippen LogP contribution in [0.3, 0.4) is 0 Å². The fourth-order valence-corrected chi connectivity index (χ4v) is 1.24. The molecule has 0 amide bonds. The highest BCUT2D eigenvalue weighted by atomic mass is 16.5. The first-order valence-corrected chi connectivity index (χ1v) is 6.09. The van der Waals surface area contributed by atoms with Gasteiger partial charge >= 0.3 is 5.97 Å². The molecule has 0 radical (unpaired) electrons. The number of carbonyl (C=O) groups is 1. The Kier molecular flexibility index (Phi) is 4.64. The highest BCUT2D eigenvalue weighted by Crippen LogP contribution is 2.21. The molecule has 0 fully saturated rings. The van der Waals surface area contributed by atoms with Crippen LogP contribution in [-0.4, -0.2) is 27.1 Å². The van der Waals surface area contributed by atoms with Crippen LogP contribution < -0.4 is 4.74 Å². The minimum atomic E-state index is -1.09. The van der Waals surface area contributed by atoms with E-state index in [1.54, 1.807) is 0 Å². The van der Waals surface area contributed by atoms with Crippen LogP contribution >= 0.6 is 0 Å². The van der Waals surface area contributed by atoms with Crippen molar-refractivity contribution in [3.63, 3.8) is 0 Å². The van der Waals surface area contributed by atoms with Crippen molar-refractivity contribution in [2.45, 2.75) is 46.6 Å². The maximum Gasteiger partial charge on any atom is 0.358 e. The number of aromatic nitrogens is 2. The summed E-state index contributed by atoms with van der Waals surface area (Å²) in [4.78, 5) is 19.4. The molecule has 18 heavy (non-hydrogen) atoms. The van der Waals surface area contributed by atoms with E-state index >= 15 is 0 Å². The first-order chi connectivity index (χ1) is 8.32. The minimum Gasteiger partial charge on any atom is -0.486 e. The van der Waals surface area contributed by atoms with Crippen LogP contribution in [-0.2, 0) is 0 Å². The Hall–Kier alpha value is -1.65. The average Bonchev–Trinajstić information content (AvgIpc) is 2.28. The summed E-state index contributed by atoms with van der Waals surface area (Å²) in [7, 11) is 0. The Bertz CT molecular complexity index is 430. The lowest BCUT2D eigenvalue weighted by molar-refractivity contribution is 0.0678. The molecule has 0 aliphatic carbocycles. The number of nitrogens with zero attached hydrogens (tertiary/aromatic N) is 2. The van der Waals surface area contributed by atoms with Gasteiger partial charge in [-0.25, -0.2) is 14.8 Å². The summed E-state index contributed by atoms with van der Waals surface area (Å²) in [6.07, 6.45) is 1.36. The summed E-state index contributed by atoms with van der Waals surface area (Å²) in [5, 5.41) is 9.15. The standard InChI is InChI=1S/C13H20N2O3/c1-7(2)9(5)18-10-6-14-12(8(3)4)15-11(10)13(16)17/h6-9H,1-5H3,(H,16,17). The van der Waals surface area contributed by atoms with E-state index in [0.29, 0.717) is 5.82 Å². The molecule has 5 heteroatoms. The summed E-state index contributed by atoms with van der Waals surface area (Å²) >= 11 is 0. The Morgan fingerprint density at radius 1 is 1.28 bits per heavy atom. The molecule has 0 saturated carbocycles. The number of aromatic carboxylic acids is 1. The van der Waals surface area contributed by atoms with Crippen LogP contribution in [0.25, 0.3) is 0 Å². The van der Waals surface area contributed by atoms with Crippen LogP contribution in [0.2, 0.25) is 0 Å². The van der Waals surface area contributed by atoms with Gasteiger partial charge in [0.15, 0.2) is 11.4 Å². The molecule has 0 spiro atoms. The smallest absolute Gasteiger partial charge is 0.358 e. The molecule has 5 nitrogen and oxygen atoms in total. The first kappa shape index (κ1) is 14.4. The lowest BCUT2D eigenvalue weighted by atomic mass is 10.1. The van der Waals surface area contributed by atoms with Gasteiger partial charge in [-0.05, 0) is 12.8 Å². The highest BCUT2D eigenvalue weighted by molar-refractivity contribution is 5.88. The third kappa shape index (κ3) is 3.42. The monoisotopic (exact) mass is 252 g/mol. The molecule has 100 valence electrons. The summed E-state index contributed by atoms with van der Waals surface area (Å²) in [5.74, 6) is 0.0198. The summed E-state index contributed by atoms with van der Waals surface area (Å²) in [6.45, 7) is 9.74. The third-order valence-electron chi connectivity index (χ3n) is 2.74. The summed E-state index contributed by atoms with van der Waals surface area (Å²) in [5.41, 5.74) is -0.0683. The van der Waals surface area contributed by atoms with Gasteiger partial charge in [0.25, 0.3) is 0 Å². The van der Waals surface area contributed by atoms with Crippen molar-refractivity contribution in [3.8, 4) is 5.75 Å². The minimum absolute atomic E-state index is 0.0683. The van der Waals surface area contributed by atoms with Gasteiger partial charge in [0.1, 0.15) is 5.82 Å². The van der Waals surface area contributed by atoms with Crippen LogP contribution in [0.1, 0.15) is 56.8 Å². The van der Waals surface area contributed by atoms with E-state index in [4.69, 9.17) is 9.84 Å². The molecule has 0 aliphatic heterocycles.